The summed E-state index contributed by atoms with van der Waals surface area (Å²) in [6.45, 7) is 5.72. The lowest BCUT2D eigenvalue weighted by molar-refractivity contribution is -0.181. The van der Waals surface area contributed by atoms with Gasteiger partial charge in [-0.1, -0.05) is 30.3 Å². The van der Waals surface area contributed by atoms with Gasteiger partial charge in [0.2, 0.25) is 5.89 Å². The number of aliphatic imine (C=N–C) groups is 1. The predicted molar refractivity (Wildman–Crippen MR) is 105 cm³/mol. The maximum atomic E-state index is 12.9. The number of aromatic nitrogens is 1. The van der Waals surface area contributed by atoms with Crippen molar-refractivity contribution >= 4 is 5.96 Å². The number of rotatable bonds is 5. The summed E-state index contributed by atoms with van der Waals surface area (Å²) in [4.78, 5) is 12.3. The predicted octanol–water partition coefficient (Wildman–Crippen LogP) is 3.38. The van der Waals surface area contributed by atoms with Crippen LogP contribution >= 0.6 is 0 Å². The third-order valence-corrected chi connectivity index (χ3v) is 4.95. The van der Waals surface area contributed by atoms with E-state index in [1.807, 2.05) is 42.2 Å². The molecule has 0 aliphatic carbocycles. The first-order chi connectivity index (χ1) is 13.9. The van der Waals surface area contributed by atoms with Crippen LogP contribution < -0.4 is 5.32 Å². The van der Waals surface area contributed by atoms with Crippen LogP contribution in [-0.4, -0.2) is 65.7 Å². The van der Waals surface area contributed by atoms with Gasteiger partial charge in [0.25, 0.3) is 0 Å². The summed E-state index contributed by atoms with van der Waals surface area (Å²) in [5, 5.41) is 3.20. The first-order valence-corrected chi connectivity index (χ1v) is 9.72. The third kappa shape index (κ3) is 5.50. The van der Waals surface area contributed by atoms with Gasteiger partial charge in [0.1, 0.15) is 12.6 Å². The van der Waals surface area contributed by atoms with Crippen LogP contribution in [0.25, 0.3) is 11.3 Å². The lowest BCUT2D eigenvalue weighted by atomic mass is 10.2. The lowest BCUT2D eigenvalue weighted by Crippen LogP contribution is -2.56. The first-order valence-electron chi connectivity index (χ1n) is 9.72. The molecular weight excluding hydrogens is 383 g/mol. The largest absolute Gasteiger partial charge is 0.439 e. The van der Waals surface area contributed by atoms with Gasteiger partial charge in [-0.05, 0) is 13.8 Å². The number of hydrogen-bond acceptors (Lipinski definition) is 4. The minimum absolute atomic E-state index is 0.258. The van der Waals surface area contributed by atoms with Crippen molar-refractivity contribution in [2.45, 2.75) is 32.6 Å². The van der Waals surface area contributed by atoms with E-state index in [-0.39, 0.29) is 6.54 Å². The second kappa shape index (κ2) is 9.30. The topological polar surface area (TPSA) is 56.9 Å². The number of hydrogen-bond donors (Lipinski definition) is 1. The Balaban J connectivity index is 1.62. The molecule has 1 atom stereocenters. The smallest absolute Gasteiger partial charge is 0.403 e. The molecule has 0 spiro atoms. The van der Waals surface area contributed by atoms with Crippen molar-refractivity contribution in [1.29, 1.82) is 0 Å². The molecule has 3 rings (SSSR count). The zero-order valence-electron chi connectivity index (χ0n) is 16.6. The van der Waals surface area contributed by atoms with Crippen LogP contribution in [0, 0.1) is 0 Å². The summed E-state index contributed by atoms with van der Waals surface area (Å²) in [5.41, 5.74) is 0.942. The van der Waals surface area contributed by atoms with E-state index in [0.29, 0.717) is 50.3 Å². The van der Waals surface area contributed by atoms with Crippen LogP contribution in [0.15, 0.2) is 45.9 Å². The standard InChI is InChI=1S/C20H26F3N5O/c1-3-24-19(28-11-9-27(10-12-28)15(2)20(21,22)23)26-14-18-25-13-17(29-18)16-7-5-4-6-8-16/h4-8,13,15H,3,9-12,14H2,1-2H3,(H,24,26). The van der Waals surface area contributed by atoms with Gasteiger partial charge in [-0.3, -0.25) is 4.90 Å². The van der Waals surface area contributed by atoms with Gasteiger partial charge in [0.05, 0.1) is 6.20 Å². The van der Waals surface area contributed by atoms with Crippen LogP contribution in [0.1, 0.15) is 19.7 Å². The number of nitrogens with zero attached hydrogens (tertiary/aromatic N) is 4. The number of halogens is 3. The molecule has 1 aromatic carbocycles. The summed E-state index contributed by atoms with van der Waals surface area (Å²) in [7, 11) is 0. The summed E-state index contributed by atoms with van der Waals surface area (Å²) in [6.07, 6.45) is -2.54. The minimum atomic E-state index is -4.21. The molecule has 0 saturated carbocycles. The summed E-state index contributed by atoms with van der Waals surface area (Å²) < 4.78 is 44.6. The van der Waals surface area contributed by atoms with E-state index in [9.17, 15) is 13.2 Å². The molecule has 1 aromatic heterocycles. The highest BCUT2D eigenvalue weighted by atomic mass is 19.4. The molecule has 6 nitrogen and oxygen atoms in total. The SMILES string of the molecule is CCNC(=NCc1ncc(-c2ccccc2)o1)N1CCN(C(C)C(F)(F)F)CC1. The van der Waals surface area contributed by atoms with E-state index in [2.05, 4.69) is 15.3 Å². The van der Waals surface area contributed by atoms with E-state index in [1.165, 1.54) is 11.8 Å². The third-order valence-electron chi connectivity index (χ3n) is 4.95. The van der Waals surface area contributed by atoms with Crippen LogP contribution in [0.3, 0.4) is 0 Å². The highest BCUT2D eigenvalue weighted by Crippen LogP contribution is 2.25. The lowest BCUT2D eigenvalue weighted by Gasteiger charge is -2.39. The van der Waals surface area contributed by atoms with Crippen molar-refractivity contribution in [3.05, 3.63) is 42.4 Å². The molecule has 1 fully saturated rings. The second-order valence-corrected chi connectivity index (χ2v) is 6.90. The molecule has 0 radical (unpaired) electrons. The number of oxazole rings is 1. The quantitative estimate of drug-likeness (QED) is 0.606. The first kappa shape index (κ1) is 21.2. The van der Waals surface area contributed by atoms with Crippen molar-refractivity contribution in [1.82, 2.24) is 20.1 Å². The normalized spacial score (nSPS) is 17.4. The molecule has 0 bridgehead atoms. The van der Waals surface area contributed by atoms with Crippen LogP contribution in [0.4, 0.5) is 13.2 Å². The number of alkyl halides is 3. The molecule has 1 unspecified atom stereocenters. The van der Waals surface area contributed by atoms with Crippen molar-refractivity contribution in [3.8, 4) is 11.3 Å². The molecular formula is C20H26F3N5O. The average Bonchev–Trinajstić information content (AvgIpc) is 3.20. The van der Waals surface area contributed by atoms with Crippen molar-refractivity contribution in [2.75, 3.05) is 32.7 Å². The van der Waals surface area contributed by atoms with Gasteiger partial charge in [0, 0.05) is 38.3 Å². The van der Waals surface area contributed by atoms with Gasteiger partial charge in [-0.25, -0.2) is 9.98 Å². The summed E-state index contributed by atoms with van der Waals surface area (Å²) in [6, 6.07) is 8.24. The van der Waals surface area contributed by atoms with Crippen LogP contribution in [0.2, 0.25) is 0 Å². The number of guanidine groups is 1. The Morgan fingerprint density at radius 1 is 1.21 bits per heavy atom. The molecule has 1 aliphatic heterocycles. The Bertz CT molecular complexity index is 798. The Hall–Kier alpha value is -2.55. The minimum Gasteiger partial charge on any atom is -0.439 e. The van der Waals surface area contributed by atoms with Crippen molar-refractivity contribution in [2.24, 2.45) is 4.99 Å². The van der Waals surface area contributed by atoms with Gasteiger partial charge in [-0.2, -0.15) is 13.2 Å². The maximum absolute atomic E-state index is 12.9. The van der Waals surface area contributed by atoms with E-state index in [4.69, 9.17) is 4.42 Å². The van der Waals surface area contributed by atoms with E-state index < -0.39 is 12.2 Å². The monoisotopic (exact) mass is 409 g/mol. The van der Waals surface area contributed by atoms with Crippen LogP contribution in [-0.2, 0) is 6.54 Å². The Labute approximate surface area is 168 Å². The fourth-order valence-corrected chi connectivity index (χ4v) is 3.22. The van der Waals surface area contributed by atoms with Crippen molar-refractivity contribution in [3.63, 3.8) is 0 Å². The molecule has 158 valence electrons. The fourth-order valence-electron chi connectivity index (χ4n) is 3.22. The van der Waals surface area contributed by atoms with E-state index in [0.717, 1.165) is 5.56 Å². The van der Waals surface area contributed by atoms with Gasteiger partial charge in [-0.15, -0.1) is 0 Å². The Kier molecular flexibility index (Phi) is 6.79. The maximum Gasteiger partial charge on any atom is 0.403 e. The molecule has 0 amide bonds. The second-order valence-electron chi connectivity index (χ2n) is 6.90. The number of nitrogens with one attached hydrogen (secondary N) is 1. The molecule has 2 heterocycles. The number of benzene rings is 1. The molecule has 1 saturated heterocycles. The highest BCUT2D eigenvalue weighted by Gasteiger charge is 2.41. The van der Waals surface area contributed by atoms with Crippen molar-refractivity contribution < 1.29 is 17.6 Å². The zero-order valence-corrected chi connectivity index (χ0v) is 16.6. The van der Waals surface area contributed by atoms with Gasteiger partial charge in [0.15, 0.2) is 11.7 Å². The summed E-state index contributed by atoms with van der Waals surface area (Å²) >= 11 is 0. The molecule has 29 heavy (non-hydrogen) atoms. The summed E-state index contributed by atoms with van der Waals surface area (Å²) in [5.74, 6) is 1.82. The number of piperazine rings is 1. The average molecular weight is 409 g/mol. The molecule has 9 heteroatoms. The molecule has 1 aliphatic rings. The Morgan fingerprint density at radius 3 is 2.52 bits per heavy atom. The van der Waals surface area contributed by atoms with Gasteiger partial charge >= 0.3 is 6.18 Å². The Morgan fingerprint density at radius 2 is 1.90 bits per heavy atom. The fraction of sp³-hybridized carbons (Fsp3) is 0.500. The van der Waals surface area contributed by atoms with E-state index in [1.54, 1.807) is 6.20 Å². The van der Waals surface area contributed by atoms with Gasteiger partial charge < -0.3 is 14.6 Å². The van der Waals surface area contributed by atoms with Crippen LogP contribution in [0.5, 0.6) is 0 Å². The van der Waals surface area contributed by atoms with E-state index >= 15 is 0 Å². The zero-order chi connectivity index (χ0) is 20.9. The highest BCUT2D eigenvalue weighted by molar-refractivity contribution is 5.80. The molecule has 1 N–H and O–H groups in total. The molecule has 2 aromatic rings.